The maximum absolute atomic E-state index is 12.8. The Hall–Kier alpha value is -2.35. The van der Waals surface area contributed by atoms with Gasteiger partial charge in [-0.15, -0.1) is 0 Å². The number of carbonyl (C=O) groups is 1. The molecule has 1 amide bonds. The van der Waals surface area contributed by atoms with Gasteiger partial charge in [-0.05, 0) is 51.5 Å². The van der Waals surface area contributed by atoms with Crippen molar-refractivity contribution in [3.05, 3.63) is 41.6 Å². The summed E-state index contributed by atoms with van der Waals surface area (Å²) in [7, 11) is -3.23. The molecule has 1 aliphatic rings. The number of carbonyl (C=O) groups excluding carboxylic acids is 1. The Bertz CT molecular complexity index is 1010. The fourth-order valence-electron chi connectivity index (χ4n) is 3.25. The van der Waals surface area contributed by atoms with Crippen LogP contribution in [0.4, 0.5) is 11.5 Å². The van der Waals surface area contributed by atoms with E-state index in [9.17, 15) is 13.2 Å². The number of nitrogens with one attached hydrogen (secondary N) is 1. The molecule has 1 aromatic heterocycles. The van der Waals surface area contributed by atoms with Crippen molar-refractivity contribution in [1.29, 1.82) is 0 Å². The molecule has 2 heterocycles. The molecule has 1 saturated heterocycles. The van der Waals surface area contributed by atoms with E-state index in [1.165, 1.54) is 4.31 Å². The van der Waals surface area contributed by atoms with Crippen LogP contribution in [0.1, 0.15) is 64.0 Å². The van der Waals surface area contributed by atoms with Crippen LogP contribution < -0.4 is 9.62 Å². The van der Waals surface area contributed by atoms with Gasteiger partial charge >= 0.3 is 0 Å². The Kier molecular flexibility index (Phi) is 5.28. The molecule has 1 aliphatic heterocycles. The molecule has 0 spiro atoms. The van der Waals surface area contributed by atoms with Crippen molar-refractivity contribution in [1.82, 2.24) is 9.78 Å². The summed E-state index contributed by atoms with van der Waals surface area (Å²) in [4.78, 5) is 12.8. The number of sulfonamides is 1. The lowest BCUT2D eigenvalue weighted by Gasteiger charge is -2.23. The SMILES string of the molecule is CC(C)(C)c1cc(NC(=O)c2ccc(N3CCCS3(=O)=O)cc2)n(C(C)(C)C)n1. The molecule has 0 saturated carbocycles. The first-order valence-electron chi connectivity index (χ1n) is 9.82. The maximum Gasteiger partial charge on any atom is 0.256 e. The first-order chi connectivity index (χ1) is 13.3. The molecule has 1 fully saturated rings. The van der Waals surface area contributed by atoms with Crippen molar-refractivity contribution >= 4 is 27.4 Å². The highest BCUT2D eigenvalue weighted by atomic mass is 32.2. The van der Waals surface area contributed by atoms with Gasteiger partial charge in [0, 0.05) is 23.6 Å². The van der Waals surface area contributed by atoms with E-state index in [0.29, 0.717) is 30.0 Å². The summed E-state index contributed by atoms with van der Waals surface area (Å²) in [6, 6.07) is 8.58. The molecule has 0 aliphatic carbocycles. The maximum atomic E-state index is 12.8. The van der Waals surface area contributed by atoms with Crippen LogP contribution in [0.15, 0.2) is 30.3 Å². The van der Waals surface area contributed by atoms with Crippen molar-refractivity contribution in [3.8, 4) is 0 Å². The summed E-state index contributed by atoms with van der Waals surface area (Å²) in [5.41, 5.74) is 1.52. The Balaban J connectivity index is 1.84. The van der Waals surface area contributed by atoms with Crippen LogP contribution in [0.3, 0.4) is 0 Å². The number of aromatic nitrogens is 2. The number of benzene rings is 1. The zero-order valence-corrected chi connectivity index (χ0v) is 18.8. The van der Waals surface area contributed by atoms with Crippen LogP contribution in [0.2, 0.25) is 0 Å². The minimum Gasteiger partial charge on any atom is -0.307 e. The van der Waals surface area contributed by atoms with Gasteiger partial charge in [-0.25, -0.2) is 13.1 Å². The van der Waals surface area contributed by atoms with Crippen LogP contribution in [0, 0.1) is 0 Å². The third-order valence-corrected chi connectivity index (χ3v) is 6.74. The largest absolute Gasteiger partial charge is 0.307 e. The number of anilines is 2. The van der Waals surface area contributed by atoms with E-state index in [0.717, 1.165) is 5.69 Å². The highest BCUT2D eigenvalue weighted by Crippen LogP contribution is 2.29. The fourth-order valence-corrected chi connectivity index (χ4v) is 4.81. The molecular formula is C21H30N4O3S. The van der Waals surface area contributed by atoms with Crippen LogP contribution in [-0.2, 0) is 21.0 Å². The minimum atomic E-state index is -3.23. The van der Waals surface area contributed by atoms with Gasteiger partial charge in [0.15, 0.2) is 0 Å². The number of rotatable bonds is 3. The van der Waals surface area contributed by atoms with E-state index in [2.05, 4.69) is 26.1 Å². The Morgan fingerprint density at radius 1 is 1.07 bits per heavy atom. The normalized spacial score (nSPS) is 16.8. The summed E-state index contributed by atoms with van der Waals surface area (Å²) in [6.07, 6.45) is 0.622. The lowest BCUT2D eigenvalue weighted by atomic mass is 9.92. The summed E-state index contributed by atoms with van der Waals surface area (Å²) in [5.74, 6) is 0.549. The summed E-state index contributed by atoms with van der Waals surface area (Å²) < 4.78 is 27.4. The molecular weight excluding hydrogens is 388 g/mol. The highest BCUT2D eigenvalue weighted by molar-refractivity contribution is 7.93. The third-order valence-electron chi connectivity index (χ3n) is 4.87. The standard InChI is InChI=1S/C21H30N4O3S/c1-20(2,3)17-14-18(25(23-17)21(4,5)6)22-19(26)15-8-10-16(11-9-15)24-12-7-13-29(24,27)28/h8-11,14H,7,12-13H2,1-6H3,(H,22,26). The van der Waals surface area contributed by atoms with Gasteiger partial charge in [-0.3, -0.25) is 9.10 Å². The van der Waals surface area contributed by atoms with Gasteiger partial charge in [0.05, 0.1) is 22.7 Å². The number of amides is 1. The van der Waals surface area contributed by atoms with E-state index < -0.39 is 10.0 Å². The van der Waals surface area contributed by atoms with Crippen LogP contribution >= 0.6 is 0 Å². The molecule has 8 heteroatoms. The topological polar surface area (TPSA) is 84.3 Å². The fraction of sp³-hybridized carbons (Fsp3) is 0.524. The van der Waals surface area contributed by atoms with Crippen molar-refractivity contribution in [2.24, 2.45) is 0 Å². The molecule has 0 bridgehead atoms. The highest BCUT2D eigenvalue weighted by Gasteiger charge is 2.29. The van der Waals surface area contributed by atoms with E-state index in [1.54, 1.807) is 24.3 Å². The van der Waals surface area contributed by atoms with E-state index >= 15 is 0 Å². The predicted molar refractivity (Wildman–Crippen MR) is 116 cm³/mol. The molecule has 2 aromatic rings. The van der Waals surface area contributed by atoms with E-state index in [-0.39, 0.29) is 22.6 Å². The first-order valence-corrected chi connectivity index (χ1v) is 11.4. The Morgan fingerprint density at radius 2 is 1.69 bits per heavy atom. The van der Waals surface area contributed by atoms with E-state index in [1.807, 2.05) is 31.5 Å². The van der Waals surface area contributed by atoms with Gasteiger partial charge in [-0.1, -0.05) is 20.8 Å². The molecule has 29 heavy (non-hydrogen) atoms. The van der Waals surface area contributed by atoms with E-state index in [4.69, 9.17) is 5.10 Å². The van der Waals surface area contributed by atoms with Gasteiger partial charge < -0.3 is 5.32 Å². The quantitative estimate of drug-likeness (QED) is 0.823. The summed E-state index contributed by atoms with van der Waals surface area (Å²) in [6.45, 7) is 12.8. The Morgan fingerprint density at radius 3 is 2.17 bits per heavy atom. The van der Waals surface area contributed by atoms with Crippen molar-refractivity contribution < 1.29 is 13.2 Å². The van der Waals surface area contributed by atoms with Crippen molar-refractivity contribution in [2.75, 3.05) is 21.9 Å². The molecule has 0 atom stereocenters. The molecule has 158 valence electrons. The zero-order valence-electron chi connectivity index (χ0n) is 18.0. The van der Waals surface area contributed by atoms with Crippen LogP contribution in [-0.4, -0.2) is 36.4 Å². The predicted octanol–water partition coefficient (Wildman–Crippen LogP) is 3.73. The smallest absolute Gasteiger partial charge is 0.256 e. The van der Waals surface area contributed by atoms with Gasteiger partial charge in [-0.2, -0.15) is 5.10 Å². The number of hydrogen-bond donors (Lipinski definition) is 1. The first kappa shape index (κ1) is 21.4. The molecule has 3 rings (SSSR count). The lowest BCUT2D eigenvalue weighted by Crippen LogP contribution is -2.27. The molecule has 1 aromatic carbocycles. The van der Waals surface area contributed by atoms with Crippen LogP contribution in [0.25, 0.3) is 0 Å². The monoisotopic (exact) mass is 418 g/mol. The van der Waals surface area contributed by atoms with Gasteiger partial charge in [0.2, 0.25) is 10.0 Å². The van der Waals surface area contributed by atoms with Crippen molar-refractivity contribution in [2.45, 2.75) is 58.9 Å². The Labute approximate surface area is 173 Å². The number of hydrogen-bond acceptors (Lipinski definition) is 4. The third kappa shape index (κ3) is 4.47. The molecule has 7 nitrogen and oxygen atoms in total. The molecule has 1 N–H and O–H groups in total. The lowest BCUT2D eigenvalue weighted by molar-refractivity contribution is 0.102. The molecule has 0 unspecified atom stereocenters. The van der Waals surface area contributed by atoms with Gasteiger partial charge in [0.25, 0.3) is 5.91 Å². The van der Waals surface area contributed by atoms with Crippen LogP contribution in [0.5, 0.6) is 0 Å². The zero-order chi connectivity index (χ0) is 21.6. The second-order valence-corrected chi connectivity index (χ2v) is 11.5. The van der Waals surface area contributed by atoms with Gasteiger partial charge in [0.1, 0.15) is 5.82 Å². The average Bonchev–Trinajstić information content (AvgIpc) is 3.17. The summed E-state index contributed by atoms with van der Waals surface area (Å²) >= 11 is 0. The number of nitrogens with zero attached hydrogens (tertiary/aromatic N) is 3. The second kappa shape index (κ2) is 7.16. The second-order valence-electron chi connectivity index (χ2n) is 9.49. The minimum absolute atomic E-state index is 0.140. The average molecular weight is 419 g/mol. The van der Waals surface area contributed by atoms with Crippen molar-refractivity contribution in [3.63, 3.8) is 0 Å². The summed E-state index contributed by atoms with van der Waals surface area (Å²) in [5, 5.41) is 7.67. The molecule has 0 radical (unpaired) electrons.